The number of carbonyl (C=O) groups excluding carboxylic acids is 1. The zero-order valence-electron chi connectivity index (χ0n) is 12.3. The molecule has 0 spiro atoms. The third-order valence-electron chi connectivity index (χ3n) is 4.23. The molecule has 0 saturated carbocycles. The second kappa shape index (κ2) is 6.03. The lowest BCUT2D eigenvalue weighted by molar-refractivity contribution is -0.121. The number of nitrogens with one attached hydrogen (secondary N) is 1. The fraction of sp³-hybridized carbons (Fsp3) is 0.562. The van der Waals surface area contributed by atoms with Gasteiger partial charge in [0, 0.05) is 25.2 Å². The highest BCUT2D eigenvalue weighted by Crippen LogP contribution is 2.23. The Bertz CT molecular complexity index is 520. The van der Waals surface area contributed by atoms with Crippen molar-refractivity contribution in [3.63, 3.8) is 0 Å². The fourth-order valence-corrected chi connectivity index (χ4v) is 3.27. The van der Waals surface area contributed by atoms with Crippen LogP contribution in [0, 0.1) is 0 Å². The Morgan fingerprint density at radius 2 is 2.33 bits per heavy atom. The summed E-state index contributed by atoms with van der Waals surface area (Å²) in [5.41, 5.74) is 0.833. The maximum absolute atomic E-state index is 12.1. The molecule has 3 rings (SSSR count). The zero-order valence-corrected chi connectivity index (χ0v) is 12.3. The molecule has 5 nitrogen and oxygen atoms in total. The lowest BCUT2D eigenvalue weighted by Crippen LogP contribution is -2.45. The van der Waals surface area contributed by atoms with Crippen LogP contribution >= 0.6 is 0 Å². The highest BCUT2D eigenvalue weighted by Gasteiger charge is 2.36. The van der Waals surface area contributed by atoms with Gasteiger partial charge in [0.2, 0.25) is 5.91 Å². The molecule has 2 saturated heterocycles. The number of hydrogen-bond acceptors (Lipinski definition) is 4. The quantitative estimate of drug-likeness (QED) is 0.869. The molecule has 3 atom stereocenters. The van der Waals surface area contributed by atoms with Gasteiger partial charge < -0.3 is 15.2 Å². The highest BCUT2D eigenvalue weighted by molar-refractivity contribution is 5.79. The van der Waals surface area contributed by atoms with Crippen molar-refractivity contribution in [2.45, 2.75) is 38.0 Å². The van der Waals surface area contributed by atoms with Crippen molar-refractivity contribution >= 4 is 5.91 Å². The van der Waals surface area contributed by atoms with E-state index in [1.807, 2.05) is 6.07 Å². The van der Waals surface area contributed by atoms with Gasteiger partial charge in [-0.15, -0.1) is 0 Å². The average Bonchev–Trinajstić information content (AvgIpc) is 2.79. The molecule has 2 fully saturated rings. The van der Waals surface area contributed by atoms with Crippen LogP contribution in [0.1, 0.15) is 18.9 Å². The number of benzene rings is 1. The minimum Gasteiger partial charge on any atom is -0.508 e. The van der Waals surface area contributed by atoms with Gasteiger partial charge in [0.05, 0.1) is 19.1 Å². The lowest BCUT2D eigenvalue weighted by atomic mass is 10.1. The topological polar surface area (TPSA) is 61.8 Å². The molecule has 0 unspecified atom stereocenters. The summed E-state index contributed by atoms with van der Waals surface area (Å²) in [5, 5.41) is 12.5. The Morgan fingerprint density at radius 3 is 3.14 bits per heavy atom. The van der Waals surface area contributed by atoms with Crippen LogP contribution < -0.4 is 5.32 Å². The minimum atomic E-state index is 0.0133. The predicted molar refractivity (Wildman–Crippen MR) is 79.1 cm³/mol. The summed E-state index contributed by atoms with van der Waals surface area (Å²) in [6.45, 7) is 4.71. The van der Waals surface area contributed by atoms with Crippen LogP contribution in [0.3, 0.4) is 0 Å². The first-order chi connectivity index (χ1) is 10.1. The third-order valence-corrected chi connectivity index (χ3v) is 4.23. The largest absolute Gasteiger partial charge is 0.508 e. The van der Waals surface area contributed by atoms with Gasteiger partial charge in [-0.25, -0.2) is 0 Å². The molecule has 0 aromatic heterocycles. The predicted octanol–water partition coefficient (Wildman–Crippen LogP) is 0.912. The molecule has 0 radical (unpaired) electrons. The van der Waals surface area contributed by atoms with Gasteiger partial charge in [-0.1, -0.05) is 12.1 Å². The summed E-state index contributed by atoms with van der Waals surface area (Å²) in [6.07, 6.45) is 1.55. The summed E-state index contributed by atoms with van der Waals surface area (Å²) >= 11 is 0. The summed E-state index contributed by atoms with van der Waals surface area (Å²) < 4.78 is 5.67. The second-order valence-corrected chi connectivity index (χ2v) is 6.10. The molecule has 2 heterocycles. The van der Waals surface area contributed by atoms with E-state index in [9.17, 15) is 9.90 Å². The Morgan fingerprint density at radius 1 is 1.48 bits per heavy atom. The number of aromatic hydroxyl groups is 1. The van der Waals surface area contributed by atoms with Crippen LogP contribution in [0.4, 0.5) is 0 Å². The van der Waals surface area contributed by atoms with Crippen molar-refractivity contribution in [3.8, 4) is 5.75 Å². The van der Waals surface area contributed by atoms with Gasteiger partial charge in [0.15, 0.2) is 0 Å². The van der Waals surface area contributed by atoms with E-state index < -0.39 is 0 Å². The number of carbonyl (C=O) groups is 1. The molecule has 5 heteroatoms. The second-order valence-electron chi connectivity index (χ2n) is 6.10. The van der Waals surface area contributed by atoms with Gasteiger partial charge >= 0.3 is 0 Å². The van der Waals surface area contributed by atoms with Crippen molar-refractivity contribution in [3.05, 3.63) is 29.8 Å². The monoisotopic (exact) mass is 290 g/mol. The van der Waals surface area contributed by atoms with Gasteiger partial charge in [-0.2, -0.15) is 0 Å². The number of amides is 1. The van der Waals surface area contributed by atoms with E-state index in [-0.39, 0.29) is 23.8 Å². The van der Waals surface area contributed by atoms with Crippen LogP contribution in [0.15, 0.2) is 24.3 Å². The van der Waals surface area contributed by atoms with Crippen LogP contribution in [-0.2, 0) is 16.0 Å². The normalized spacial score (nSPS) is 29.1. The van der Waals surface area contributed by atoms with Gasteiger partial charge in [-0.05, 0) is 31.0 Å². The first-order valence-electron chi connectivity index (χ1n) is 7.53. The van der Waals surface area contributed by atoms with Gasteiger partial charge in [0.25, 0.3) is 0 Å². The minimum absolute atomic E-state index is 0.0133. The highest BCUT2D eigenvalue weighted by atomic mass is 16.5. The third kappa shape index (κ3) is 3.54. The Balaban J connectivity index is 1.52. The molecule has 1 amide bonds. The number of nitrogens with zero attached hydrogens (tertiary/aromatic N) is 1. The first kappa shape index (κ1) is 14.4. The summed E-state index contributed by atoms with van der Waals surface area (Å²) in [6, 6.07) is 7.49. The molecule has 1 aromatic rings. The number of ether oxygens (including phenoxy) is 1. The Kier molecular flexibility index (Phi) is 4.12. The molecule has 2 aliphatic heterocycles. The van der Waals surface area contributed by atoms with Crippen molar-refractivity contribution < 1.29 is 14.6 Å². The van der Waals surface area contributed by atoms with Gasteiger partial charge in [-0.3, -0.25) is 9.69 Å². The van der Waals surface area contributed by atoms with Gasteiger partial charge in [0.1, 0.15) is 5.75 Å². The average molecular weight is 290 g/mol. The van der Waals surface area contributed by atoms with E-state index in [1.165, 1.54) is 0 Å². The number of morpholine rings is 1. The molecule has 0 aliphatic carbocycles. The smallest absolute Gasteiger partial charge is 0.224 e. The molecular formula is C16H22N2O3. The molecule has 21 heavy (non-hydrogen) atoms. The van der Waals surface area contributed by atoms with E-state index in [0.29, 0.717) is 12.5 Å². The maximum Gasteiger partial charge on any atom is 0.224 e. The Hall–Kier alpha value is -1.59. The van der Waals surface area contributed by atoms with Crippen molar-refractivity contribution in [1.82, 2.24) is 10.2 Å². The lowest BCUT2D eigenvalue weighted by Gasteiger charge is -2.33. The summed E-state index contributed by atoms with van der Waals surface area (Å²) in [4.78, 5) is 14.5. The number of phenols is 1. The van der Waals surface area contributed by atoms with E-state index in [0.717, 1.165) is 31.7 Å². The summed E-state index contributed by atoms with van der Waals surface area (Å²) in [7, 11) is 0. The van der Waals surface area contributed by atoms with Crippen LogP contribution in [-0.4, -0.2) is 53.8 Å². The van der Waals surface area contributed by atoms with E-state index in [1.54, 1.807) is 18.2 Å². The van der Waals surface area contributed by atoms with Crippen LogP contribution in [0.5, 0.6) is 5.75 Å². The zero-order chi connectivity index (χ0) is 14.8. The van der Waals surface area contributed by atoms with E-state index >= 15 is 0 Å². The maximum atomic E-state index is 12.1. The van der Waals surface area contributed by atoms with E-state index in [2.05, 4.69) is 17.1 Å². The molecule has 2 aliphatic rings. The number of rotatable bonds is 3. The molecular weight excluding hydrogens is 268 g/mol. The van der Waals surface area contributed by atoms with Crippen LogP contribution in [0.2, 0.25) is 0 Å². The fourth-order valence-electron chi connectivity index (χ4n) is 3.27. The van der Waals surface area contributed by atoms with Crippen molar-refractivity contribution in [2.24, 2.45) is 0 Å². The number of fused-ring (bicyclic) bond motifs is 1. The van der Waals surface area contributed by atoms with Crippen molar-refractivity contribution in [1.29, 1.82) is 0 Å². The number of hydrogen-bond donors (Lipinski definition) is 2. The molecule has 0 bridgehead atoms. The van der Waals surface area contributed by atoms with E-state index in [4.69, 9.17) is 4.74 Å². The first-order valence-corrected chi connectivity index (χ1v) is 7.53. The van der Waals surface area contributed by atoms with Crippen LogP contribution in [0.25, 0.3) is 0 Å². The SMILES string of the molecule is C[C@H]1CN2C[C@@H](NC(=O)Cc3cccc(O)c3)C[C@H]2CO1. The summed E-state index contributed by atoms with van der Waals surface area (Å²) in [5.74, 6) is 0.212. The molecule has 114 valence electrons. The standard InChI is InChI=1S/C16H22N2O3/c1-11-8-18-9-13(7-14(18)10-21-11)17-16(20)6-12-3-2-4-15(19)5-12/h2-5,11,13-14,19H,6-10H2,1H3,(H,17,20)/t11-,13-,14-/m0/s1. The molecule has 2 N–H and O–H groups in total. The Labute approximate surface area is 124 Å². The number of phenolic OH excluding ortho intramolecular Hbond substituents is 1. The molecule has 1 aromatic carbocycles. The van der Waals surface area contributed by atoms with Crippen molar-refractivity contribution in [2.75, 3.05) is 19.7 Å².